The van der Waals surface area contributed by atoms with Crippen molar-refractivity contribution >= 4 is 32.7 Å². The number of carbonyl (C=O) groups is 1. The van der Waals surface area contributed by atoms with E-state index in [1.165, 1.54) is 0 Å². The third-order valence-corrected chi connectivity index (χ3v) is 5.30. The number of aryl methyl sites for hydroxylation is 1. The van der Waals surface area contributed by atoms with E-state index in [0.29, 0.717) is 11.8 Å². The molecule has 1 amide bonds. The molecule has 2 aromatic rings. The molecule has 5 heteroatoms. The molecule has 114 valence electrons. The van der Waals surface area contributed by atoms with Gasteiger partial charge in [0, 0.05) is 41.7 Å². The van der Waals surface area contributed by atoms with Gasteiger partial charge in [0.15, 0.2) is 0 Å². The lowest BCUT2D eigenvalue weighted by molar-refractivity contribution is 0.0783. The summed E-state index contributed by atoms with van der Waals surface area (Å²) in [5.41, 5.74) is 2.54. The predicted octanol–water partition coefficient (Wildman–Crippen LogP) is 2.60. The molecule has 4 rings (SSSR count). The molecule has 1 N–H and O–H groups in total. The molecule has 0 spiro atoms. The molecule has 1 aromatic heterocycles. The average molecular weight is 360 g/mol. The van der Waals surface area contributed by atoms with Crippen LogP contribution in [-0.2, 0) is 0 Å². The SMILES string of the molecule is Cc1cc(C(=O)N2C[C@H]3CNC[C@H]3C2)c2cc(Br)ccc2n1. The minimum Gasteiger partial charge on any atom is -0.338 e. The normalized spacial score (nSPS) is 24.0. The Labute approximate surface area is 138 Å². The quantitative estimate of drug-likeness (QED) is 0.850. The molecular weight excluding hydrogens is 342 g/mol. The van der Waals surface area contributed by atoms with Crippen LogP contribution in [0.25, 0.3) is 10.9 Å². The first-order valence-electron chi connectivity index (χ1n) is 7.69. The summed E-state index contributed by atoms with van der Waals surface area (Å²) in [5.74, 6) is 1.37. The van der Waals surface area contributed by atoms with Gasteiger partial charge in [-0.15, -0.1) is 0 Å². The first kappa shape index (κ1) is 14.2. The zero-order valence-corrected chi connectivity index (χ0v) is 14.1. The van der Waals surface area contributed by atoms with E-state index >= 15 is 0 Å². The maximum absolute atomic E-state index is 13.0. The van der Waals surface area contributed by atoms with Crippen LogP contribution in [0.4, 0.5) is 0 Å². The van der Waals surface area contributed by atoms with Crippen molar-refractivity contribution in [3.63, 3.8) is 0 Å². The van der Waals surface area contributed by atoms with E-state index in [1.807, 2.05) is 36.1 Å². The van der Waals surface area contributed by atoms with E-state index in [4.69, 9.17) is 0 Å². The molecule has 0 bridgehead atoms. The van der Waals surface area contributed by atoms with Crippen molar-refractivity contribution in [2.24, 2.45) is 11.8 Å². The Balaban J connectivity index is 1.74. The average Bonchev–Trinajstić information content (AvgIpc) is 3.07. The van der Waals surface area contributed by atoms with Crippen LogP contribution >= 0.6 is 15.9 Å². The van der Waals surface area contributed by atoms with Gasteiger partial charge in [-0.05, 0) is 43.0 Å². The van der Waals surface area contributed by atoms with Gasteiger partial charge in [-0.3, -0.25) is 9.78 Å². The first-order valence-corrected chi connectivity index (χ1v) is 8.48. The van der Waals surface area contributed by atoms with Gasteiger partial charge in [-0.25, -0.2) is 0 Å². The number of hydrogen-bond donors (Lipinski definition) is 1. The lowest BCUT2D eigenvalue weighted by Gasteiger charge is -2.19. The van der Waals surface area contributed by atoms with Crippen LogP contribution in [0.5, 0.6) is 0 Å². The molecular formula is C17H18BrN3O. The number of fused-ring (bicyclic) bond motifs is 2. The molecule has 3 heterocycles. The van der Waals surface area contributed by atoms with Crippen molar-refractivity contribution in [1.29, 1.82) is 0 Å². The number of carbonyl (C=O) groups excluding carboxylic acids is 1. The summed E-state index contributed by atoms with van der Waals surface area (Å²) in [5, 5.41) is 4.35. The molecule has 0 saturated carbocycles. The molecule has 22 heavy (non-hydrogen) atoms. The molecule has 2 atom stereocenters. The van der Waals surface area contributed by atoms with Crippen LogP contribution in [0.15, 0.2) is 28.7 Å². The maximum Gasteiger partial charge on any atom is 0.254 e. The molecule has 2 aliphatic rings. The molecule has 2 fully saturated rings. The number of nitrogens with zero attached hydrogens (tertiary/aromatic N) is 2. The van der Waals surface area contributed by atoms with Gasteiger partial charge < -0.3 is 10.2 Å². The maximum atomic E-state index is 13.0. The van der Waals surface area contributed by atoms with E-state index in [9.17, 15) is 4.79 Å². The van der Waals surface area contributed by atoms with E-state index in [0.717, 1.165) is 52.8 Å². The van der Waals surface area contributed by atoms with Gasteiger partial charge in [-0.1, -0.05) is 15.9 Å². The standard InChI is InChI=1S/C17H18BrN3O/c1-10-4-15(14-5-13(18)2-3-16(14)20-10)17(22)21-8-11-6-19-7-12(11)9-21/h2-5,11-12,19H,6-9H2,1H3/t11-,12+. The Morgan fingerprint density at radius 2 is 2.00 bits per heavy atom. The van der Waals surface area contributed by atoms with Crippen molar-refractivity contribution in [3.05, 3.63) is 40.0 Å². The number of amides is 1. The number of hydrogen-bond acceptors (Lipinski definition) is 3. The first-order chi connectivity index (χ1) is 10.6. The molecule has 4 nitrogen and oxygen atoms in total. The fourth-order valence-electron chi connectivity index (χ4n) is 3.70. The third-order valence-electron chi connectivity index (χ3n) is 4.81. The topological polar surface area (TPSA) is 45.2 Å². The minimum atomic E-state index is 0.142. The number of nitrogens with one attached hydrogen (secondary N) is 1. The summed E-state index contributed by atoms with van der Waals surface area (Å²) in [6.07, 6.45) is 0. The largest absolute Gasteiger partial charge is 0.338 e. The Morgan fingerprint density at radius 1 is 1.27 bits per heavy atom. The smallest absolute Gasteiger partial charge is 0.254 e. The van der Waals surface area contributed by atoms with Crippen molar-refractivity contribution < 1.29 is 4.79 Å². The molecule has 2 aliphatic heterocycles. The molecule has 0 aliphatic carbocycles. The van der Waals surface area contributed by atoms with Gasteiger partial charge in [0.05, 0.1) is 11.1 Å². The van der Waals surface area contributed by atoms with Crippen LogP contribution in [0.1, 0.15) is 16.1 Å². The minimum absolute atomic E-state index is 0.142. The number of benzene rings is 1. The second-order valence-electron chi connectivity index (χ2n) is 6.36. The molecule has 2 saturated heterocycles. The Kier molecular flexibility index (Phi) is 3.42. The second kappa shape index (κ2) is 5.32. The number of likely N-dealkylation sites (tertiary alicyclic amines) is 1. The summed E-state index contributed by atoms with van der Waals surface area (Å²) >= 11 is 3.50. The lowest BCUT2D eigenvalue weighted by atomic mass is 10.0. The third kappa shape index (κ3) is 2.32. The second-order valence-corrected chi connectivity index (χ2v) is 7.28. The van der Waals surface area contributed by atoms with E-state index < -0.39 is 0 Å². The summed E-state index contributed by atoms with van der Waals surface area (Å²) in [6.45, 7) is 5.76. The van der Waals surface area contributed by atoms with Gasteiger partial charge in [0.1, 0.15) is 0 Å². The van der Waals surface area contributed by atoms with Gasteiger partial charge in [-0.2, -0.15) is 0 Å². The van der Waals surface area contributed by atoms with Crippen molar-refractivity contribution in [2.45, 2.75) is 6.92 Å². The number of halogens is 1. The molecule has 0 unspecified atom stereocenters. The summed E-state index contributed by atoms with van der Waals surface area (Å²) < 4.78 is 0.974. The number of aromatic nitrogens is 1. The lowest BCUT2D eigenvalue weighted by Crippen LogP contribution is -2.32. The fourth-order valence-corrected chi connectivity index (χ4v) is 4.06. The zero-order valence-electron chi connectivity index (χ0n) is 12.5. The fraction of sp³-hybridized carbons (Fsp3) is 0.412. The van der Waals surface area contributed by atoms with Crippen molar-refractivity contribution in [2.75, 3.05) is 26.2 Å². The van der Waals surface area contributed by atoms with E-state index in [1.54, 1.807) is 0 Å². The summed E-state index contributed by atoms with van der Waals surface area (Å²) in [6, 6.07) is 7.84. The highest BCUT2D eigenvalue weighted by atomic mass is 79.9. The highest BCUT2D eigenvalue weighted by Gasteiger charge is 2.38. The number of rotatable bonds is 1. The van der Waals surface area contributed by atoms with E-state index in [2.05, 4.69) is 26.2 Å². The summed E-state index contributed by atoms with van der Waals surface area (Å²) in [4.78, 5) is 19.6. The number of pyridine rings is 1. The highest BCUT2D eigenvalue weighted by molar-refractivity contribution is 9.10. The van der Waals surface area contributed by atoms with Crippen LogP contribution in [0, 0.1) is 18.8 Å². The summed E-state index contributed by atoms with van der Waals surface area (Å²) in [7, 11) is 0. The van der Waals surface area contributed by atoms with Gasteiger partial charge in [0.2, 0.25) is 0 Å². The van der Waals surface area contributed by atoms with Crippen LogP contribution in [0.2, 0.25) is 0 Å². The Hall–Kier alpha value is -1.46. The monoisotopic (exact) mass is 359 g/mol. The predicted molar refractivity (Wildman–Crippen MR) is 89.9 cm³/mol. The molecule has 0 radical (unpaired) electrons. The van der Waals surface area contributed by atoms with Crippen molar-refractivity contribution in [1.82, 2.24) is 15.2 Å². The van der Waals surface area contributed by atoms with Crippen molar-refractivity contribution in [3.8, 4) is 0 Å². The van der Waals surface area contributed by atoms with Gasteiger partial charge in [0.25, 0.3) is 5.91 Å². The van der Waals surface area contributed by atoms with Crippen LogP contribution in [0.3, 0.4) is 0 Å². The highest BCUT2D eigenvalue weighted by Crippen LogP contribution is 2.30. The van der Waals surface area contributed by atoms with E-state index in [-0.39, 0.29) is 5.91 Å². The van der Waals surface area contributed by atoms with Crippen LogP contribution in [-0.4, -0.2) is 42.0 Å². The zero-order chi connectivity index (χ0) is 15.3. The Bertz CT molecular complexity index is 749. The van der Waals surface area contributed by atoms with Gasteiger partial charge >= 0.3 is 0 Å². The van der Waals surface area contributed by atoms with Crippen LogP contribution < -0.4 is 5.32 Å². The molecule has 1 aromatic carbocycles. The Morgan fingerprint density at radius 3 is 2.73 bits per heavy atom.